The van der Waals surface area contributed by atoms with E-state index in [0.717, 1.165) is 41.3 Å². The zero-order valence-corrected chi connectivity index (χ0v) is 16.1. The summed E-state index contributed by atoms with van der Waals surface area (Å²) in [6, 6.07) is 16.8. The summed E-state index contributed by atoms with van der Waals surface area (Å²) in [5, 5.41) is 1.01. The molecule has 0 saturated heterocycles. The van der Waals surface area contributed by atoms with Crippen molar-refractivity contribution in [2.45, 2.75) is 29.7 Å². The smallest absolute Gasteiger partial charge is 0.101 e. The molecule has 0 radical (unpaired) electrons. The fraction of sp³-hybridized carbons (Fsp3) is 0.174. The van der Waals surface area contributed by atoms with E-state index in [0.29, 0.717) is 0 Å². The first kappa shape index (κ1) is 17.7. The molecule has 1 aliphatic rings. The zero-order valence-electron chi connectivity index (χ0n) is 15.3. The molecule has 0 spiro atoms. The lowest BCUT2D eigenvalue weighted by molar-refractivity contribution is 0.818. The van der Waals surface area contributed by atoms with E-state index in [1.54, 1.807) is 18.0 Å². The number of nitrogens with zero attached hydrogens (tertiary/aromatic N) is 3. The van der Waals surface area contributed by atoms with E-state index in [1.165, 1.54) is 16.0 Å². The van der Waals surface area contributed by atoms with Crippen molar-refractivity contribution in [3.63, 3.8) is 0 Å². The second-order valence-corrected chi connectivity index (χ2v) is 7.68. The second-order valence-electron chi connectivity index (χ2n) is 6.59. The molecule has 0 N–H and O–H groups in total. The van der Waals surface area contributed by atoms with E-state index in [9.17, 15) is 0 Å². The van der Waals surface area contributed by atoms with Crippen molar-refractivity contribution in [1.29, 1.82) is 0 Å². The summed E-state index contributed by atoms with van der Waals surface area (Å²) in [4.78, 5) is 14.8. The lowest BCUT2D eigenvalue weighted by Gasteiger charge is -2.16. The maximum Gasteiger partial charge on any atom is 0.101 e. The van der Waals surface area contributed by atoms with Crippen molar-refractivity contribution >= 4 is 23.5 Å². The Balaban J connectivity index is 1.53. The number of aliphatic imine (C=N–C) groups is 1. The summed E-state index contributed by atoms with van der Waals surface area (Å²) in [7, 11) is 0. The van der Waals surface area contributed by atoms with Gasteiger partial charge in [-0.25, -0.2) is 4.98 Å². The summed E-state index contributed by atoms with van der Waals surface area (Å²) in [5.74, 6) is 0. The Morgan fingerprint density at radius 1 is 1.00 bits per heavy atom. The minimum atomic E-state index is 0.881. The van der Waals surface area contributed by atoms with E-state index in [4.69, 9.17) is 4.99 Å². The van der Waals surface area contributed by atoms with E-state index in [1.807, 2.05) is 18.5 Å². The SMILES string of the molecule is Cc1ccc(Sc2ccc(C=C3CCCN=C3c3cccnc3)cn2)cc1. The molecule has 1 aliphatic heterocycles. The Morgan fingerprint density at radius 2 is 1.89 bits per heavy atom. The standard InChI is InChI=1S/C23H21N3S/c1-17-6-9-21(10-7-17)27-22-11-8-18(15-26-22)14-19-4-3-13-25-23(19)20-5-2-12-24-16-20/h2,5-12,14-16H,3-4,13H2,1H3. The molecule has 0 bridgehead atoms. The average molecular weight is 372 g/mol. The first-order valence-corrected chi connectivity index (χ1v) is 9.96. The van der Waals surface area contributed by atoms with Crippen molar-refractivity contribution < 1.29 is 0 Å². The maximum absolute atomic E-state index is 4.74. The molecule has 4 heteroatoms. The topological polar surface area (TPSA) is 38.1 Å². The first-order valence-electron chi connectivity index (χ1n) is 9.14. The molecule has 0 saturated carbocycles. The van der Waals surface area contributed by atoms with Gasteiger partial charge in [0.05, 0.1) is 5.71 Å². The van der Waals surface area contributed by atoms with Gasteiger partial charge in [-0.1, -0.05) is 35.5 Å². The highest BCUT2D eigenvalue weighted by molar-refractivity contribution is 7.99. The van der Waals surface area contributed by atoms with Crippen LogP contribution in [0.4, 0.5) is 0 Å². The highest BCUT2D eigenvalue weighted by Gasteiger charge is 2.14. The van der Waals surface area contributed by atoms with Gasteiger partial charge in [-0.2, -0.15) is 0 Å². The van der Waals surface area contributed by atoms with Gasteiger partial charge in [-0.05, 0) is 67.3 Å². The van der Waals surface area contributed by atoms with Gasteiger partial charge in [0, 0.05) is 35.6 Å². The fourth-order valence-corrected chi connectivity index (χ4v) is 3.82. The van der Waals surface area contributed by atoms with E-state index < -0.39 is 0 Å². The van der Waals surface area contributed by atoms with Crippen molar-refractivity contribution in [3.05, 3.63) is 89.4 Å². The van der Waals surface area contributed by atoms with E-state index in [-0.39, 0.29) is 0 Å². The van der Waals surface area contributed by atoms with Crippen LogP contribution in [0.3, 0.4) is 0 Å². The number of hydrogen-bond donors (Lipinski definition) is 0. The zero-order chi connectivity index (χ0) is 18.5. The second kappa shape index (κ2) is 8.31. The van der Waals surface area contributed by atoms with Crippen molar-refractivity contribution in [2.75, 3.05) is 6.54 Å². The number of aromatic nitrogens is 2. The van der Waals surface area contributed by atoms with Crippen LogP contribution in [0, 0.1) is 6.92 Å². The number of rotatable bonds is 4. The predicted octanol–water partition coefficient (Wildman–Crippen LogP) is 5.60. The maximum atomic E-state index is 4.74. The first-order chi connectivity index (χ1) is 13.3. The van der Waals surface area contributed by atoms with Gasteiger partial charge < -0.3 is 0 Å². The largest absolute Gasteiger partial charge is 0.284 e. The average Bonchev–Trinajstić information content (AvgIpc) is 2.72. The van der Waals surface area contributed by atoms with E-state index >= 15 is 0 Å². The van der Waals surface area contributed by atoms with Gasteiger partial charge >= 0.3 is 0 Å². The van der Waals surface area contributed by atoms with Crippen molar-refractivity contribution in [3.8, 4) is 0 Å². The van der Waals surface area contributed by atoms with Crippen LogP contribution in [0.15, 0.2) is 87.6 Å². The molecule has 0 amide bonds. The molecule has 0 unspecified atom stereocenters. The minimum absolute atomic E-state index is 0.881. The van der Waals surface area contributed by atoms with Crippen LogP contribution in [-0.4, -0.2) is 22.2 Å². The lowest BCUT2D eigenvalue weighted by Crippen LogP contribution is -2.11. The number of pyridine rings is 2. The van der Waals surface area contributed by atoms with Crippen LogP contribution in [0.1, 0.15) is 29.5 Å². The Hall–Kier alpha value is -2.72. The van der Waals surface area contributed by atoms with Gasteiger partial charge in [0.15, 0.2) is 0 Å². The number of hydrogen-bond acceptors (Lipinski definition) is 4. The molecule has 3 heterocycles. The number of benzene rings is 1. The molecular formula is C23H21N3S. The normalized spacial score (nSPS) is 15.6. The summed E-state index contributed by atoms with van der Waals surface area (Å²) < 4.78 is 0. The molecule has 0 atom stereocenters. The Labute approximate surface area is 164 Å². The Bertz CT molecular complexity index is 959. The third-order valence-electron chi connectivity index (χ3n) is 4.46. The van der Waals surface area contributed by atoms with Gasteiger partial charge in [0.1, 0.15) is 5.03 Å². The predicted molar refractivity (Wildman–Crippen MR) is 112 cm³/mol. The third-order valence-corrected chi connectivity index (χ3v) is 5.42. The van der Waals surface area contributed by atoms with Gasteiger partial charge in [-0.15, -0.1) is 0 Å². The molecule has 4 rings (SSSR count). The van der Waals surface area contributed by atoms with Crippen LogP contribution in [-0.2, 0) is 0 Å². The quantitative estimate of drug-likeness (QED) is 0.599. The van der Waals surface area contributed by atoms with Gasteiger partial charge in [0.25, 0.3) is 0 Å². The summed E-state index contributed by atoms with van der Waals surface area (Å²) in [6.07, 6.45) is 9.96. The van der Waals surface area contributed by atoms with Crippen LogP contribution in [0.5, 0.6) is 0 Å². The highest BCUT2D eigenvalue weighted by Crippen LogP contribution is 2.27. The van der Waals surface area contributed by atoms with Crippen LogP contribution in [0.2, 0.25) is 0 Å². The number of allylic oxidation sites excluding steroid dienone is 1. The Kier molecular flexibility index (Phi) is 5.45. The van der Waals surface area contributed by atoms with E-state index in [2.05, 4.69) is 65.4 Å². The van der Waals surface area contributed by atoms with Crippen LogP contribution >= 0.6 is 11.8 Å². The minimum Gasteiger partial charge on any atom is -0.284 e. The third kappa shape index (κ3) is 4.52. The summed E-state index contributed by atoms with van der Waals surface area (Å²) in [5.41, 5.74) is 5.79. The molecule has 1 aromatic carbocycles. The van der Waals surface area contributed by atoms with Gasteiger partial charge in [-0.3, -0.25) is 9.98 Å². The molecule has 2 aromatic heterocycles. The summed E-state index contributed by atoms with van der Waals surface area (Å²) in [6.45, 7) is 2.98. The van der Waals surface area contributed by atoms with Gasteiger partial charge in [0.2, 0.25) is 0 Å². The highest BCUT2D eigenvalue weighted by atomic mass is 32.2. The van der Waals surface area contributed by atoms with Crippen LogP contribution < -0.4 is 0 Å². The summed E-state index contributed by atoms with van der Waals surface area (Å²) >= 11 is 1.68. The van der Waals surface area contributed by atoms with Crippen molar-refractivity contribution in [1.82, 2.24) is 9.97 Å². The fourth-order valence-electron chi connectivity index (χ4n) is 3.07. The molecule has 3 nitrogen and oxygen atoms in total. The Morgan fingerprint density at radius 3 is 2.63 bits per heavy atom. The lowest BCUT2D eigenvalue weighted by atomic mass is 9.95. The molecule has 134 valence electrons. The molecule has 3 aromatic rings. The van der Waals surface area contributed by atoms with Crippen LogP contribution in [0.25, 0.3) is 6.08 Å². The molecule has 0 aliphatic carbocycles. The molecular weight excluding hydrogens is 350 g/mol. The monoisotopic (exact) mass is 371 g/mol. The molecule has 27 heavy (non-hydrogen) atoms. The van der Waals surface area contributed by atoms with Crippen molar-refractivity contribution in [2.24, 2.45) is 4.99 Å². The molecule has 0 fully saturated rings. The number of aryl methyl sites for hydroxylation is 1.